The largest absolute Gasteiger partial charge is 0.338 e. The highest BCUT2D eigenvalue weighted by Gasteiger charge is 2.26. The van der Waals surface area contributed by atoms with Crippen molar-refractivity contribution in [1.82, 2.24) is 15.0 Å². The molecule has 2 aromatic heterocycles. The standard InChI is InChI=1S/C14H13N3/c1-8-7-15-14-13(16-8)11-4-2-3-10(9-5-6-9)12(11)17-14/h2-4,7,9H,5-6H2,1H3,(H,15,17). The van der Waals surface area contributed by atoms with E-state index >= 15 is 0 Å². The summed E-state index contributed by atoms with van der Waals surface area (Å²) in [6, 6.07) is 6.49. The molecule has 3 aromatic rings. The lowest BCUT2D eigenvalue weighted by atomic mass is 10.1. The second-order valence-corrected chi connectivity index (χ2v) is 4.88. The molecule has 0 unspecified atom stereocenters. The highest BCUT2D eigenvalue weighted by atomic mass is 14.9. The van der Waals surface area contributed by atoms with Gasteiger partial charge in [-0.3, -0.25) is 0 Å². The van der Waals surface area contributed by atoms with Crippen LogP contribution in [0.1, 0.15) is 30.0 Å². The van der Waals surface area contributed by atoms with Gasteiger partial charge >= 0.3 is 0 Å². The first-order valence-electron chi connectivity index (χ1n) is 6.07. The number of aromatic nitrogens is 3. The van der Waals surface area contributed by atoms with Gasteiger partial charge in [-0.1, -0.05) is 18.2 Å². The van der Waals surface area contributed by atoms with Gasteiger partial charge in [0.2, 0.25) is 0 Å². The Labute approximate surface area is 98.9 Å². The van der Waals surface area contributed by atoms with E-state index < -0.39 is 0 Å². The van der Waals surface area contributed by atoms with Crippen LogP contribution in [0.3, 0.4) is 0 Å². The number of para-hydroxylation sites is 1. The fraction of sp³-hybridized carbons (Fsp3) is 0.286. The Morgan fingerprint density at radius 1 is 1.29 bits per heavy atom. The number of rotatable bonds is 1. The van der Waals surface area contributed by atoms with Crippen molar-refractivity contribution in [3.63, 3.8) is 0 Å². The molecule has 4 rings (SSSR count). The summed E-state index contributed by atoms with van der Waals surface area (Å²) in [7, 11) is 0. The lowest BCUT2D eigenvalue weighted by Gasteiger charge is -1.99. The molecule has 0 aliphatic heterocycles. The third kappa shape index (κ3) is 1.28. The molecule has 1 N–H and O–H groups in total. The molecule has 1 fully saturated rings. The Balaban J connectivity index is 2.15. The van der Waals surface area contributed by atoms with Crippen LogP contribution < -0.4 is 0 Å². The number of H-pyrrole nitrogens is 1. The quantitative estimate of drug-likeness (QED) is 0.687. The maximum absolute atomic E-state index is 4.59. The average molecular weight is 223 g/mol. The molecular weight excluding hydrogens is 210 g/mol. The molecule has 3 heteroatoms. The molecule has 1 aliphatic rings. The number of fused-ring (bicyclic) bond motifs is 3. The van der Waals surface area contributed by atoms with Crippen LogP contribution in [-0.2, 0) is 0 Å². The van der Waals surface area contributed by atoms with Gasteiger partial charge in [-0.05, 0) is 31.2 Å². The van der Waals surface area contributed by atoms with Crippen LogP contribution >= 0.6 is 0 Å². The van der Waals surface area contributed by atoms with Crippen molar-refractivity contribution in [2.45, 2.75) is 25.7 Å². The van der Waals surface area contributed by atoms with Gasteiger partial charge in [0.25, 0.3) is 0 Å². The molecule has 1 aliphatic carbocycles. The minimum atomic E-state index is 0.743. The van der Waals surface area contributed by atoms with Gasteiger partial charge in [0.1, 0.15) is 5.52 Å². The third-order valence-electron chi connectivity index (χ3n) is 3.51. The first kappa shape index (κ1) is 9.16. The summed E-state index contributed by atoms with van der Waals surface area (Å²) in [5.74, 6) is 0.743. The first-order chi connectivity index (χ1) is 8.33. The van der Waals surface area contributed by atoms with Crippen molar-refractivity contribution in [1.29, 1.82) is 0 Å². The Morgan fingerprint density at radius 3 is 3.00 bits per heavy atom. The monoisotopic (exact) mass is 223 g/mol. The number of benzene rings is 1. The first-order valence-corrected chi connectivity index (χ1v) is 6.07. The summed E-state index contributed by atoms with van der Waals surface area (Å²) in [5.41, 5.74) is 5.53. The lowest BCUT2D eigenvalue weighted by Crippen LogP contribution is -1.83. The van der Waals surface area contributed by atoms with E-state index in [1.54, 1.807) is 0 Å². The SMILES string of the molecule is Cc1cnc2[nH]c3c(C4CC4)cccc3c2n1. The molecular formula is C14H13N3. The number of hydrogen-bond donors (Lipinski definition) is 1. The van der Waals surface area contributed by atoms with E-state index in [9.17, 15) is 0 Å². The Bertz CT molecular complexity index is 723. The maximum Gasteiger partial charge on any atom is 0.157 e. The van der Waals surface area contributed by atoms with E-state index in [0.717, 1.165) is 22.8 Å². The van der Waals surface area contributed by atoms with Crippen molar-refractivity contribution < 1.29 is 0 Å². The summed E-state index contributed by atoms with van der Waals surface area (Å²) < 4.78 is 0. The molecule has 0 radical (unpaired) electrons. The lowest BCUT2D eigenvalue weighted by molar-refractivity contribution is 1.14. The van der Waals surface area contributed by atoms with Crippen molar-refractivity contribution in [2.75, 3.05) is 0 Å². The Kier molecular flexibility index (Phi) is 1.65. The second kappa shape index (κ2) is 3.06. The third-order valence-corrected chi connectivity index (χ3v) is 3.51. The fourth-order valence-electron chi connectivity index (χ4n) is 2.52. The van der Waals surface area contributed by atoms with E-state index in [0.29, 0.717) is 0 Å². The van der Waals surface area contributed by atoms with E-state index in [-0.39, 0.29) is 0 Å². The van der Waals surface area contributed by atoms with Crippen LogP contribution in [0.4, 0.5) is 0 Å². The highest BCUT2D eigenvalue weighted by molar-refractivity contribution is 6.04. The molecule has 17 heavy (non-hydrogen) atoms. The summed E-state index contributed by atoms with van der Waals surface area (Å²) in [6.07, 6.45) is 4.44. The summed E-state index contributed by atoms with van der Waals surface area (Å²) in [6.45, 7) is 1.98. The molecule has 3 nitrogen and oxygen atoms in total. The van der Waals surface area contributed by atoms with Gasteiger partial charge in [-0.25, -0.2) is 9.97 Å². The van der Waals surface area contributed by atoms with Gasteiger partial charge in [0.15, 0.2) is 5.65 Å². The number of aryl methyl sites for hydroxylation is 1. The zero-order chi connectivity index (χ0) is 11.4. The van der Waals surface area contributed by atoms with Crippen molar-refractivity contribution >= 4 is 22.1 Å². The Hall–Kier alpha value is -1.90. The van der Waals surface area contributed by atoms with E-state index in [1.165, 1.54) is 29.3 Å². The maximum atomic E-state index is 4.59. The van der Waals surface area contributed by atoms with Crippen molar-refractivity contribution in [2.24, 2.45) is 0 Å². The van der Waals surface area contributed by atoms with Crippen LogP contribution in [0.15, 0.2) is 24.4 Å². The van der Waals surface area contributed by atoms with Crippen LogP contribution in [-0.4, -0.2) is 15.0 Å². The normalized spacial score (nSPS) is 15.8. The predicted octanol–water partition coefficient (Wildman–Crippen LogP) is 3.30. The molecule has 0 atom stereocenters. The molecule has 2 heterocycles. The number of aromatic amines is 1. The molecule has 0 saturated heterocycles. The predicted molar refractivity (Wildman–Crippen MR) is 68.1 cm³/mol. The van der Waals surface area contributed by atoms with Gasteiger partial charge in [0, 0.05) is 5.39 Å². The van der Waals surface area contributed by atoms with Crippen molar-refractivity contribution in [3.05, 3.63) is 35.7 Å². The van der Waals surface area contributed by atoms with E-state index in [1.807, 2.05) is 13.1 Å². The molecule has 1 aromatic carbocycles. The molecule has 0 bridgehead atoms. The number of hydrogen-bond acceptors (Lipinski definition) is 2. The zero-order valence-electron chi connectivity index (χ0n) is 9.70. The van der Waals surface area contributed by atoms with Gasteiger partial charge in [-0.15, -0.1) is 0 Å². The minimum absolute atomic E-state index is 0.743. The van der Waals surface area contributed by atoms with Crippen LogP contribution in [0.25, 0.3) is 22.1 Å². The summed E-state index contributed by atoms with van der Waals surface area (Å²) in [4.78, 5) is 12.4. The minimum Gasteiger partial charge on any atom is -0.338 e. The van der Waals surface area contributed by atoms with Crippen LogP contribution in [0.2, 0.25) is 0 Å². The molecule has 1 saturated carbocycles. The van der Waals surface area contributed by atoms with Gasteiger partial charge in [0.05, 0.1) is 17.4 Å². The van der Waals surface area contributed by atoms with Gasteiger partial charge in [-0.2, -0.15) is 0 Å². The molecule has 84 valence electrons. The smallest absolute Gasteiger partial charge is 0.157 e. The fourth-order valence-corrected chi connectivity index (χ4v) is 2.52. The number of nitrogens with zero attached hydrogens (tertiary/aromatic N) is 2. The second-order valence-electron chi connectivity index (χ2n) is 4.88. The number of nitrogens with one attached hydrogen (secondary N) is 1. The van der Waals surface area contributed by atoms with Gasteiger partial charge < -0.3 is 4.98 Å². The average Bonchev–Trinajstić information content (AvgIpc) is 3.11. The Morgan fingerprint density at radius 2 is 2.18 bits per heavy atom. The molecule has 0 amide bonds. The van der Waals surface area contributed by atoms with E-state index in [4.69, 9.17) is 0 Å². The highest BCUT2D eigenvalue weighted by Crippen LogP contribution is 2.43. The zero-order valence-corrected chi connectivity index (χ0v) is 9.70. The molecule has 0 spiro atoms. The van der Waals surface area contributed by atoms with Crippen LogP contribution in [0.5, 0.6) is 0 Å². The van der Waals surface area contributed by atoms with Crippen molar-refractivity contribution in [3.8, 4) is 0 Å². The topological polar surface area (TPSA) is 41.6 Å². The van der Waals surface area contributed by atoms with E-state index in [2.05, 4.69) is 33.2 Å². The van der Waals surface area contributed by atoms with Crippen LogP contribution in [0, 0.1) is 6.92 Å². The summed E-state index contributed by atoms with van der Waals surface area (Å²) in [5, 5.41) is 1.21. The summed E-state index contributed by atoms with van der Waals surface area (Å²) >= 11 is 0.